The minimum atomic E-state index is -1.79. The second kappa shape index (κ2) is 11.1. The van der Waals surface area contributed by atoms with E-state index in [1.165, 1.54) is 0 Å². The number of carbonyl (C=O) groups excluding carboxylic acids is 3. The molecule has 3 aromatic rings. The maximum absolute atomic E-state index is 13.4. The molecule has 1 fully saturated rings. The van der Waals surface area contributed by atoms with Crippen LogP contribution in [0.1, 0.15) is 40.7 Å². The Bertz CT molecular complexity index is 1230. The zero-order valence-corrected chi connectivity index (χ0v) is 20.8. The van der Waals surface area contributed by atoms with Crippen LogP contribution in [-0.2, 0) is 19.9 Å². The summed E-state index contributed by atoms with van der Waals surface area (Å²) in [7, 11) is 2.15. The molecule has 1 heterocycles. The van der Waals surface area contributed by atoms with Crippen molar-refractivity contribution < 1.29 is 33.8 Å². The number of hydrogen-bond donors (Lipinski definition) is 1. The summed E-state index contributed by atoms with van der Waals surface area (Å²) in [4.78, 5) is 34.1. The lowest BCUT2D eigenvalue weighted by Crippen LogP contribution is -2.45. The van der Waals surface area contributed by atoms with E-state index in [1.807, 2.05) is 66.7 Å². The number of ketones is 1. The number of esters is 1. The van der Waals surface area contributed by atoms with E-state index in [2.05, 4.69) is 7.05 Å². The highest BCUT2D eigenvalue weighted by atomic mass is 16.6. The highest BCUT2D eigenvalue weighted by Gasteiger charge is 2.50. The first-order valence-electron chi connectivity index (χ1n) is 12.4. The van der Waals surface area contributed by atoms with E-state index in [-0.39, 0.29) is 11.9 Å². The molecule has 1 aliphatic carbocycles. The SMILES string of the molecule is C[N+]1(CCCC(=O)c2ccccc2)CC[C@@H](OC(=O)C2(O)c3ccccc3-c3ccccc32)C1.O=C[O-]. The number of aliphatic hydroxyl groups is 1. The molecule has 0 aromatic heterocycles. The van der Waals surface area contributed by atoms with E-state index in [9.17, 15) is 14.7 Å². The van der Waals surface area contributed by atoms with Crippen molar-refractivity contribution in [2.24, 2.45) is 0 Å². The molecular weight excluding hydrogens is 470 g/mol. The number of carbonyl (C=O) groups is 3. The van der Waals surface area contributed by atoms with E-state index in [0.29, 0.717) is 24.1 Å². The van der Waals surface area contributed by atoms with Gasteiger partial charge in [0.15, 0.2) is 11.9 Å². The monoisotopic (exact) mass is 501 g/mol. The first-order chi connectivity index (χ1) is 17.8. The van der Waals surface area contributed by atoms with Crippen LogP contribution in [0, 0.1) is 0 Å². The highest BCUT2D eigenvalue weighted by molar-refractivity contribution is 5.96. The molecule has 5 rings (SSSR count). The second-order valence-corrected chi connectivity index (χ2v) is 9.86. The van der Waals surface area contributed by atoms with Gasteiger partial charge in [0.25, 0.3) is 0 Å². The van der Waals surface area contributed by atoms with Crippen LogP contribution >= 0.6 is 0 Å². The number of likely N-dealkylation sites (N-methyl/N-ethyl adjacent to an activating group) is 1. The molecule has 0 saturated carbocycles. The Labute approximate surface area is 216 Å². The molecule has 2 atom stereocenters. The van der Waals surface area contributed by atoms with Gasteiger partial charge in [-0.2, -0.15) is 0 Å². The topological polar surface area (TPSA) is 104 Å². The Hall–Kier alpha value is -3.81. The number of likely N-dealkylation sites (tertiary alicyclic amines) is 1. The quantitative estimate of drug-likeness (QED) is 0.231. The normalized spacial score (nSPS) is 20.6. The van der Waals surface area contributed by atoms with Crippen LogP contribution in [0.5, 0.6) is 0 Å². The fraction of sp³-hybridized carbons (Fsp3) is 0.300. The Morgan fingerprint density at radius 1 is 1.00 bits per heavy atom. The summed E-state index contributed by atoms with van der Waals surface area (Å²) in [5, 5.41) is 19.9. The lowest BCUT2D eigenvalue weighted by atomic mass is 9.91. The van der Waals surface area contributed by atoms with Gasteiger partial charge in [0.05, 0.1) is 20.1 Å². The van der Waals surface area contributed by atoms with Crippen molar-refractivity contribution in [3.05, 3.63) is 95.6 Å². The number of benzene rings is 3. The van der Waals surface area contributed by atoms with Crippen LogP contribution in [0.4, 0.5) is 0 Å². The van der Waals surface area contributed by atoms with E-state index in [0.717, 1.165) is 47.1 Å². The number of ether oxygens (including phenoxy) is 1. The lowest BCUT2D eigenvalue weighted by Gasteiger charge is -2.30. The van der Waals surface area contributed by atoms with Gasteiger partial charge in [-0.3, -0.25) is 4.79 Å². The van der Waals surface area contributed by atoms with Crippen molar-refractivity contribution in [1.82, 2.24) is 0 Å². The van der Waals surface area contributed by atoms with Crippen LogP contribution in [0.3, 0.4) is 0 Å². The molecular formula is C30H31NO6. The average Bonchev–Trinajstić information content (AvgIpc) is 3.41. The molecule has 7 nitrogen and oxygen atoms in total. The standard InChI is InChI=1S/C29H30NO4.CH2O2/c1-30(18-9-16-27(31)21-10-3-2-4-11-21)19-17-22(20-30)34-28(32)29(33)25-14-7-5-12-23(25)24-13-6-8-15-26(24)29;2-1-3/h2-8,10-15,22,33H,9,16-20H2,1H3;1H,(H,2,3)/q+1;/p-1/t22-,30?;/m1./s1. The van der Waals surface area contributed by atoms with E-state index >= 15 is 0 Å². The third-order valence-electron chi connectivity index (χ3n) is 7.33. The molecule has 1 unspecified atom stereocenters. The molecule has 7 heteroatoms. The highest BCUT2D eigenvalue weighted by Crippen LogP contribution is 2.48. The Balaban J connectivity index is 0.00000102. The van der Waals surface area contributed by atoms with Crippen molar-refractivity contribution >= 4 is 18.2 Å². The van der Waals surface area contributed by atoms with Gasteiger partial charge in [-0.05, 0) is 11.1 Å². The summed E-state index contributed by atoms with van der Waals surface area (Å²) in [6.07, 6.45) is 1.78. The molecule has 192 valence electrons. The molecule has 0 radical (unpaired) electrons. The predicted molar refractivity (Wildman–Crippen MR) is 136 cm³/mol. The number of nitrogens with zero attached hydrogens (tertiary/aromatic N) is 1. The summed E-state index contributed by atoms with van der Waals surface area (Å²) in [5.41, 5.74) is 1.86. The van der Waals surface area contributed by atoms with Gasteiger partial charge in [0.1, 0.15) is 6.54 Å². The number of rotatable bonds is 7. The third-order valence-corrected chi connectivity index (χ3v) is 7.33. The maximum atomic E-state index is 13.4. The van der Waals surface area contributed by atoms with Gasteiger partial charge >= 0.3 is 5.97 Å². The van der Waals surface area contributed by atoms with E-state index < -0.39 is 18.0 Å². The number of quaternary nitrogens is 1. The summed E-state index contributed by atoms with van der Waals surface area (Å²) in [6, 6.07) is 24.3. The van der Waals surface area contributed by atoms with Crippen molar-refractivity contribution in [2.45, 2.75) is 31.0 Å². The molecule has 1 aliphatic heterocycles. The lowest BCUT2D eigenvalue weighted by molar-refractivity contribution is -0.899. The van der Waals surface area contributed by atoms with Gasteiger partial charge in [-0.1, -0.05) is 78.9 Å². The largest absolute Gasteiger partial charge is 0.554 e. The van der Waals surface area contributed by atoms with Crippen LogP contribution in [-0.4, -0.2) is 60.6 Å². The van der Waals surface area contributed by atoms with Gasteiger partial charge in [-0.15, -0.1) is 0 Å². The number of fused-ring (bicyclic) bond motifs is 3. The third kappa shape index (κ3) is 5.33. The molecule has 1 N–H and O–H groups in total. The molecule has 0 spiro atoms. The molecule has 0 amide bonds. The molecule has 1 saturated heterocycles. The van der Waals surface area contributed by atoms with Crippen LogP contribution < -0.4 is 5.11 Å². The molecule has 37 heavy (non-hydrogen) atoms. The fourth-order valence-corrected chi connectivity index (χ4v) is 5.49. The van der Waals surface area contributed by atoms with Crippen LogP contribution in [0.25, 0.3) is 11.1 Å². The average molecular weight is 502 g/mol. The smallest absolute Gasteiger partial charge is 0.348 e. The van der Waals surface area contributed by atoms with Crippen molar-refractivity contribution in [3.8, 4) is 11.1 Å². The molecule has 3 aromatic carbocycles. The first kappa shape index (κ1) is 26.3. The summed E-state index contributed by atoms with van der Waals surface area (Å²) in [5.74, 6) is -0.447. The first-order valence-corrected chi connectivity index (χ1v) is 12.4. The van der Waals surface area contributed by atoms with Crippen molar-refractivity contribution in [3.63, 3.8) is 0 Å². The van der Waals surface area contributed by atoms with Gasteiger partial charge in [0, 0.05) is 42.4 Å². The van der Waals surface area contributed by atoms with E-state index in [4.69, 9.17) is 14.6 Å². The Morgan fingerprint density at radius 3 is 2.14 bits per heavy atom. The van der Waals surface area contributed by atoms with Crippen molar-refractivity contribution in [2.75, 3.05) is 26.7 Å². The van der Waals surface area contributed by atoms with Gasteiger partial charge in [0.2, 0.25) is 5.60 Å². The summed E-state index contributed by atoms with van der Waals surface area (Å²) >= 11 is 0. The second-order valence-electron chi connectivity index (χ2n) is 9.86. The van der Waals surface area contributed by atoms with Gasteiger partial charge in [-0.25, -0.2) is 4.79 Å². The van der Waals surface area contributed by atoms with Crippen molar-refractivity contribution in [1.29, 1.82) is 0 Å². The van der Waals surface area contributed by atoms with Crippen LogP contribution in [0.15, 0.2) is 78.9 Å². The Kier molecular flexibility index (Phi) is 7.86. The van der Waals surface area contributed by atoms with Gasteiger partial charge < -0.3 is 24.2 Å². The molecule has 2 aliphatic rings. The van der Waals surface area contributed by atoms with E-state index in [1.54, 1.807) is 12.1 Å². The zero-order chi connectivity index (χ0) is 26.5. The minimum absolute atomic E-state index is 0.162. The number of hydrogen-bond acceptors (Lipinski definition) is 6. The predicted octanol–water partition coefficient (Wildman–Crippen LogP) is 2.69. The zero-order valence-electron chi connectivity index (χ0n) is 20.8. The fourth-order valence-electron chi connectivity index (χ4n) is 5.49. The number of carboxylic acid groups (broad SMARTS) is 1. The number of Topliss-reactive ketones (excluding diaryl/α,β-unsaturated/α-hetero) is 1. The Morgan fingerprint density at radius 2 is 1.54 bits per heavy atom. The maximum Gasteiger partial charge on any atom is 0.348 e. The summed E-state index contributed by atoms with van der Waals surface area (Å²) in [6.45, 7) is 1.91. The summed E-state index contributed by atoms with van der Waals surface area (Å²) < 4.78 is 6.69. The minimum Gasteiger partial charge on any atom is -0.554 e. The van der Waals surface area contributed by atoms with Crippen LogP contribution in [0.2, 0.25) is 0 Å². The molecule has 0 bridgehead atoms.